The number of halogens is 1. The van der Waals surface area contributed by atoms with Crippen molar-refractivity contribution >= 4 is 17.4 Å². The van der Waals surface area contributed by atoms with Gasteiger partial charge in [-0.2, -0.15) is 0 Å². The molecule has 64 valence electrons. The first-order valence-electron chi connectivity index (χ1n) is 3.55. The molecule has 0 unspecified atom stereocenters. The summed E-state index contributed by atoms with van der Waals surface area (Å²) in [7, 11) is 0. The molecule has 0 aromatic carbocycles. The topological polar surface area (TPSA) is 38.1 Å². The van der Waals surface area contributed by atoms with E-state index in [0.29, 0.717) is 29.6 Å². The largest absolute Gasteiger partial charge is 0.365 e. The van der Waals surface area contributed by atoms with Crippen LogP contribution >= 0.6 is 11.6 Å². The van der Waals surface area contributed by atoms with Crippen LogP contribution in [0, 0.1) is 19.3 Å². The summed E-state index contributed by atoms with van der Waals surface area (Å²) in [6, 6.07) is 0. The number of anilines is 1. The van der Waals surface area contributed by atoms with E-state index in [2.05, 4.69) is 16.4 Å². The number of aromatic nitrogens is 1. The maximum atomic E-state index is 5.82. The quantitative estimate of drug-likeness (QED) is 0.577. The van der Waals surface area contributed by atoms with Crippen LogP contribution in [0.1, 0.15) is 12.2 Å². The molecule has 4 heteroatoms. The third-order valence-corrected chi connectivity index (χ3v) is 1.80. The summed E-state index contributed by atoms with van der Waals surface area (Å²) in [5, 5.41) is 7.18. The summed E-state index contributed by atoms with van der Waals surface area (Å²) < 4.78 is 4.83. The average molecular weight is 185 g/mol. The Kier molecular flexibility index (Phi) is 3.01. The van der Waals surface area contributed by atoms with E-state index in [9.17, 15) is 0 Å². The van der Waals surface area contributed by atoms with Gasteiger partial charge in [-0.1, -0.05) is 16.8 Å². The second-order valence-corrected chi connectivity index (χ2v) is 2.66. The monoisotopic (exact) mass is 184 g/mol. The predicted octanol–water partition coefficient (Wildman–Crippen LogP) is 2.07. The van der Waals surface area contributed by atoms with Gasteiger partial charge in [0, 0.05) is 13.0 Å². The van der Waals surface area contributed by atoms with Crippen molar-refractivity contribution in [2.45, 2.75) is 13.3 Å². The lowest BCUT2D eigenvalue weighted by Crippen LogP contribution is -2.00. The third kappa shape index (κ3) is 1.93. The minimum atomic E-state index is 0.520. The second-order valence-electron chi connectivity index (χ2n) is 2.28. The van der Waals surface area contributed by atoms with E-state index in [1.54, 1.807) is 6.92 Å². The maximum Gasteiger partial charge on any atom is 0.188 e. The molecule has 1 N–H and O–H groups in total. The van der Waals surface area contributed by atoms with Crippen molar-refractivity contribution in [2.75, 3.05) is 11.9 Å². The molecule has 0 aliphatic heterocycles. The molecule has 0 atom stereocenters. The van der Waals surface area contributed by atoms with E-state index in [4.69, 9.17) is 22.5 Å². The lowest BCUT2D eigenvalue weighted by atomic mass is 10.4. The first-order chi connectivity index (χ1) is 5.75. The number of nitrogens with one attached hydrogen (secondary N) is 1. The highest BCUT2D eigenvalue weighted by atomic mass is 35.5. The van der Waals surface area contributed by atoms with Crippen molar-refractivity contribution < 1.29 is 4.52 Å². The molecule has 0 radical (unpaired) electrons. The molecule has 1 rings (SSSR count). The molecular weight excluding hydrogens is 176 g/mol. The summed E-state index contributed by atoms with van der Waals surface area (Å²) in [5.41, 5.74) is 0. The van der Waals surface area contributed by atoms with Crippen molar-refractivity contribution in [1.29, 1.82) is 0 Å². The highest BCUT2D eigenvalue weighted by Crippen LogP contribution is 2.23. The Hall–Kier alpha value is -1.14. The summed E-state index contributed by atoms with van der Waals surface area (Å²) in [6.45, 7) is 2.41. The number of rotatable bonds is 3. The molecule has 0 aliphatic rings. The number of aryl methyl sites for hydroxylation is 1. The fourth-order valence-corrected chi connectivity index (χ4v) is 0.860. The molecule has 0 saturated heterocycles. The molecule has 3 nitrogen and oxygen atoms in total. The van der Waals surface area contributed by atoms with Crippen LogP contribution in [0.4, 0.5) is 5.82 Å². The maximum absolute atomic E-state index is 5.82. The Balaban J connectivity index is 2.53. The van der Waals surface area contributed by atoms with Gasteiger partial charge < -0.3 is 9.84 Å². The lowest BCUT2D eigenvalue weighted by molar-refractivity contribution is 0.400. The summed E-state index contributed by atoms with van der Waals surface area (Å²) >= 11 is 5.82. The highest BCUT2D eigenvalue weighted by Gasteiger charge is 2.08. The molecule has 1 aromatic rings. The Labute approximate surface area is 76.1 Å². The first-order valence-corrected chi connectivity index (χ1v) is 3.92. The Morgan fingerprint density at radius 3 is 3.00 bits per heavy atom. The predicted molar refractivity (Wildman–Crippen MR) is 48.2 cm³/mol. The number of terminal acetylenes is 1. The molecule has 12 heavy (non-hydrogen) atoms. The lowest BCUT2D eigenvalue weighted by Gasteiger charge is -1.97. The molecule has 1 aromatic heterocycles. The van der Waals surface area contributed by atoms with Crippen LogP contribution in [0.5, 0.6) is 0 Å². The number of nitrogens with zero attached hydrogens (tertiary/aromatic N) is 1. The van der Waals surface area contributed by atoms with E-state index >= 15 is 0 Å². The third-order valence-electron chi connectivity index (χ3n) is 1.35. The standard InChI is InChI=1S/C8H9ClN2O/c1-3-4-5-10-8-7(9)6(2)12-11-8/h1H,4-5H2,2H3,(H,10,11). The van der Waals surface area contributed by atoms with Crippen molar-refractivity contribution in [2.24, 2.45) is 0 Å². The average Bonchev–Trinajstić information content (AvgIpc) is 2.36. The second kappa shape index (κ2) is 4.03. The SMILES string of the molecule is C#CCCNc1noc(C)c1Cl. The van der Waals surface area contributed by atoms with Crippen LogP contribution in [0.25, 0.3) is 0 Å². The van der Waals surface area contributed by atoms with Crippen LogP contribution < -0.4 is 5.32 Å². The fourth-order valence-electron chi connectivity index (χ4n) is 0.724. The van der Waals surface area contributed by atoms with Gasteiger partial charge in [0.1, 0.15) is 5.02 Å². The summed E-state index contributed by atoms with van der Waals surface area (Å²) in [6.07, 6.45) is 5.71. The normalized spacial score (nSPS) is 9.42. The van der Waals surface area contributed by atoms with Crippen LogP contribution in [-0.2, 0) is 0 Å². The zero-order valence-electron chi connectivity index (χ0n) is 6.72. The van der Waals surface area contributed by atoms with Crippen molar-refractivity contribution in [1.82, 2.24) is 5.16 Å². The van der Waals surface area contributed by atoms with Gasteiger partial charge in [-0.05, 0) is 6.92 Å². The van der Waals surface area contributed by atoms with Crippen LogP contribution in [0.3, 0.4) is 0 Å². The minimum Gasteiger partial charge on any atom is -0.365 e. The number of hydrogen-bond acceptors (Lipinski definition) is 3. The van der Waals surface area contributed by atoms with Gasteiger partial charge in [0.2, 0.25) is 0 Å². The molecule has 0 spiro atoms. The minimum absolute atomic E-state index is 0.520. The van der Waals surface area contributed by atoms with Gasteiger partial charge in [0.05, 0.1) is 0 Å². The molecular formula is C8H9ClN2O. The Morgan fingerprint density at radius 1 is 1.75 bits per heavy atom. The molecule has 0 fully saturated rings. The van der Waals surface area contributed by atoms with Gasteiger partial charge in [-0.25, -0.2) is 0 Å². The smallest absolute Gasteiger partial charge is 0.188 e. The van der Waals surface area contributed by atoms with Crippen molar-refractivity contribution in [3.63, 3.8) is 0 Å². The van der Waals surface area contributed by atoms with E-state index in [1.165, 1.54) is 0 Å². The van der Waals surface area contributed by atoms with Crippen LogP contribution in [-0.4, -0.2) is 11.7 Å². The zero-order chi connectivity index (χ0) is 8.97. The van der Waals surface area contributed by atoms with Gasteiger partial charge in [0.15, 0.2) is 11.6 Å². The Morgan fingerprint density at radius 2 is 2.50 bits per heavy atom. The molecule has 0 amide bonds. The van der Waals surface area contributed by atoms with Gasteiger partial charge in [-0.15, -0.1) is 12.3 Å². The molecule has 1 heterocycles. The zero-order valence-corrected chi connectivity index (χ0v) is 7.48. The van der Waals surface area contributed by atoms with E-state index in [0.717, 1.165) is 0 Å². The molecule has 0 bridgehead atoms. The van der Waals surface area contributed by atoms with Crippen LogP contribution in [0.15, 0.2) is 4.52 Å². The van der Waals surface area contributed by atoms with Gasteiger partial charge in [-0.3, -0.25) is 0 Å². The highest BCUT2D eigenvalue weighted by molar-refractivity contribution is 6.33. The molecule has 0 aliphatic carbocycles. The van der Waals surface area contributed by atoms with Crippen LogP contribution in [0.2, 0.25) is 5.02 Å². The summed E-state index contributed by atoms with van der Waals surface area (Å²) in [5.74, 6) is 3.67. The molecule has 0 saturated carbocycles. The van der Waals surface area contributed by atoms with E-state index in [-0.39, 0.29) is 0 Å². The first kappa shape index (κ1) is 8.95. The summed E-state index contributed by atoms with van der Waals surface area (Å²) in [4.78, 5) is 0. The van der Waals surface area contributed by atoms with E-state index in [1.807, 2.05) is 0 Å². The van der Waals surface area contributed by atoms with Crippen molar-refractivity contribution in [3.8, 4) is 12.3 Å². The Bertz CT molecular complexity index is 300. The van der Waals surface area contributed by atoms with Gasteiger partial charge in [0.25, 0.3) is 0 Å². The van der Waals surface area contributed by atoms with Gasteiger partial charge >= 0.3 is 0 Å². The number of hydrogen-bond donors (Lipinski definition) is 1. The fraction of sp³-hybridized carbons (Fsp3) is 0.375. The van der Waals surface area contributed by atoms with Crippen molar-refractivity contribution in [3.05, 3.63) is 10.8 Å². The van der Waals surface area contributed by atoms with E-state index < -0.39 is 0 Å².